The third-order valence-corrected chi connectivity index (χ3v) is 4.72. The molecular weight excluding hydrogens is 265 g/mol. The molecule has 0 bridgehead atoms. The molecule has 0 spiro atoms. The first-order chi connectivity index (χ1) is 9.19. The Morgan fingerprint density at radius 2 is 2.11 bits per heavy atom. The van der Waals surface area contributed by atoms with Crippen LogP contribution >= 0.6 is 11.8 Å². The van der Waals surface area contributed by atoms with Crippen molar-refractivity contribution in [2.24, 2.45) is 17.4 Å². The van der Waals surface area contributed by atoms with Crippen molar-refractivity contribution >= 4 is 17.7 Å². The van der Waals surface area contributed by atoms with E-state index in [-0.39, 0.29) is 12.6 Å². The smallest absolute Gasteiger partial charge is 0.240 e. The predicted molar refractivity (Wildman–Crippen MR) is 78.9 cm³/mol. The van der Waals surface area contributed by atoms with Gasteiger partial charge in [-0.3, -0.25) is 9.18 Å². The summed E-state index contributed by atoms with van der Waals surface area (Å²) >= 11 is 1.68. The highest BCUT2D eigenvalue weighted by molar-refractivity contribution is 7.99. The molecule has 1 atom stereocenters. The summed E-state index contributed by atoms with van der Waals surface area (Å²) in [5.74, 6) is 2.09. The summed E-state index contributed by atoms with van der Waals surface area (Å²) in [7, 11) is 0. The van der Waals surface area contributed by atoms with Crippen LogP contribution < -0.4 is 11.5 Å². The Hall–Kier alpha value is -0.330. The van der Waals surface area contributed by atoms with E-state index in [9.17, 15) is 9.18 Å². The second-order valence-electron chi connectivity index (χ2n) is 5.07. The van der Waals surface area contributed by atoms with Crippen LogP contribution in [0.15, 0.2) is 0 Å². The number of amides is 1. The van der Waals surface area contributed by atoms with Crippen molar-refractivity contribution in [1.29, 1.82) is 0 Å². The summed E-state index contributed by atoms with van der Waals surface area (Å²) in [4.78, 5) is 14.0. The predicted octanol–water partition coefficient (Wildman–Crippen LogP) is 0.994. The number of thioether (sulfide) groups is 1. The molecule has 1 fully saturated rings. The lowest BCUT2D eigenvalue weighted by molar-refractivity contribution is -0.133. The van der Waals surface area contributed by atoms with Gasteiger partial charge in [0.25, 0.3) is 0 Å². The number of carbonyl (C=O) groups excluding carboxylic acids is 1. The molecule has 1 heterocycles. The number of hydrogen-bond donors (Lipinski definition) is 2. The largest absolute Gasteiger partial charge is 0.341 e. The second-order valence-corrected chi connectivity index (χ2v) is 6.22. The van der Waals surface area contributed by atoms with Crippen LogP contribution in [0.2, 0.25) is 0 Å². The van der Waals surface area contributed by atoms with Crippen LogP contribution in [0.25, 0.3) is 0 Å². The Balaban J connectivity index is 2.22. The highest BCUT2D eigenvalue weighted by atomic mass is 32.2. The quantitative estimate of drug-likeness (QED) is 0.654. The van der Waals surface area contributed by atoms with Gasteiger partial charge in [0.15, 0.2) is 0 Å². The normalized spacial score (nSPS) is 18.6. The van der Waals surface area contributed by atoms with Gasteiger partial charge in [-0.2, -0.15) is 11.8 Å². The fraction of sp³-hybridized carbons (Fsp3) is 0.923. The molecule has 0 unspecified atom stereocenters. The molecule has 0 aromatic heterocycles. The maximum absolute atomic E-state index is 12.3. The molecule has 112 valence electrons. The Kier molecular flexibility index (Phi) is 8.41. The minimum atomic E-state index is -0.416. The van der Waals surface area contributed by atoms with Crippen molar-refractivity contribution in [3.8, 4) is 0 Å². The Labute approximate surface area is 119 Å². The van der Waals surface area contributed by atoms with Crippen LogP contribution in [0.1, 0.15) is 25.7 Å². The summed E-state index contributed by atoms with van der Waals surface area (Å²) < 4.78 is 12.3. The average molecular weight is 291 g/mol. The van der Waals surface area contributed by atoms with Gasteiger partial charge in [-0.1, -0.05) is 0 Å². The van der Waals surface area contributed by atoms with Crippen LogP contribution in [-0.2, 0) is 4.79 Å². The Morgan fingerprint density at radius 3 is 2.68 bits per heavy atom. The fourth-order valence-electron chi connectivity index (χ4n) is 2.30. The first-order valence-electron chi connectivity index (χ1n) is 7.07. The van der Waals surface area contributed by atoms with E-state index in [0.29, 0.717) is 24.6 Å². The number of rotatable bonds is 8. The monoisotopic (exact) mass is 291 g/mol. The van der Waals surface area contributed by atoms with Gasteiger partial charge in [0, 0.05) is 18.8 Å². The van der Waals surface area contributed by atoms with Gasteiger partial charge in [0.2, 0.25) is 5.91 Å². The van der Waals surface area contributed by atoms with Crippen molar-refractivity contribution in [2.75, 3.05) is 37.8 Å². The average Bonchev–Trinajstić information content (AvgIpc) is 2.44. The highest BCUT2D eigenvalue weighted by Crippen LogP contribution is 2.21. The summed E-state index contributed by atoms with van der Waals surface area (Å²) in [5.41, 5.74) is 11.3. The van der Waals surface area contributed by atoms with Gasteiger partial charge in [-0.25, -0.2) is 0 Å². The third kappa shape index (κ3) is 6.10. The summed E-state index contributed by atoms with van der Waals surface area (Å²) in [6.07, 6.45) is 3.40. The van der Waals surface area contributed by atoms with E-state index in [2.05, 4.69) is 0 Å². The Morgan fingerprint density at radius 1 is 1.42 bits per heavy atom. The second kappa shape index (κ2) is 9.55. The van der Waals surface area contributed by atoms with E-state index >= 15 is 0 Å². The summed E-state index contributed by atoms with van der Waals surface area (Å²) in [6, 6.07) is -0.416. The first kappa shape index (κ1) is 16.7. The molecule has 0 aromatic carbocycles. The van der Waals surface area contributed by atoms with E-state index < -0.39 is 6.04 Å². The van der Waals surface area contributed by atoms with Crippen molar-refractivity contribution < 1.29 is 9.18 Å². The van der Waals surface area contributed by atoms with E-state index in [1.807, 2.05) is 4.90 Å². The SMILES string of the molecule is NCCCSC[C@H](N)C(=O)N1CCC(CCF)CC1. The van der Waals surface area contributed by atoms with E-state index in [1.165, 1.54) is 0 Å². The molecule has 1 saturated heterocycles. The van der Waals surface area contributed by atoms with Crippen LogP contribution in [0.4, 0.5) is 4.39 Å². The molecule has 0 aromatic rings. The van der Waals surface area contributed by atoms with Gasteiger partial charge in [0.05, 0.1) is 12.7 Å². The molecule has 1 aliphatic heterocycles. The molecule has 19 heavy (non-hydrogen) atoms. The summed E-state index contributed by atoms with van der Waals surface area (Å²) in [5, 5.41) is 0. The minimum absolute atomic E-state index is 0.0407. The molecule has 1 rings (SSSR count). The maximum atomic E-state index is 12.3. The lowest BCUT2D eigenvalue weighted by atomic mass is 9.94. The molecule has 0 radical (unpaired) electrons. The van der Waals surface area contributed by atoms with E-state index in [1.54, 1.807) is 11.8 Å². The maximum Gasteiger partial charge on any atom is 0.240 e. The van der Waals surface area contributed by atoms with Gasteiger partial charge < -0.3 is 16.4 Å². The number of halogens is 1. The van der Waals surface area contributed by atoms with Gasteiger partial charge in [0.1, 0.15) is 0 Å². The molecule has 0 aliphatic carbocycles. The van der Waals surface area contributed by atoms with Crippen molar-refractivity contribution in [3.05, 3.63) is 0 Å². The number of likely N-dealkylation sites (tertiary alicyclic amines) is 1. The van der Waals surface area contributed by atoms with Gasteiger partial charge in [-0.05, 0) is 43.9 Å². The topological polar surface area (TPSA) is 72.3 Å². The zero-order valence-electron chi connectivity index (χ0n) is 11.5. The standard InChI is InChI=1S/C13H26FN3OS/c14-5-2-11-3-7-17(8-4-11)13(18)12(16)10-19-9-1-6-15/h11-12H,1-10,15-16H2/t12-/m0/s1. The van der Waals surface area contributed by atoms with Crippen molar-refractivity contribution in [2.45, 2.75) is 31.7 Å². The number of nitrogens with zero attached hydrogens (tertiary/aromatic N) is 1. The van der Waals surface area contributed by atoms with Crippen molar-refractivity contribution in [3.63, 3.8) is 0 Å². The lowest BCUT2D eigenvalue weighted by Gasteiger charge is -2.33. The number of carbonyl (C=O) groups is 1. The molecule has 1 aliphatic rings. The molecule has 1 amide bonds. The molecule has 4 N–H and O–H groups in total. The molecular formula is C13H26FN3OS. The molecule has 0 saturated carbocycles. The summed E-state index contributed by atoms with van der Waals surface area (Å²) in [6.45, 7) is 1.88. The fourth-order valence-corrected chi connectivity index (χ4v) is 3.23. The van der Waals surface area contributed by atoms with Gasteiger partial charge in [-0.15, -0.1) is 0 Å². The highest BCUT2D eigenvalue weighted by Gasteiger charge is 2.25. The van der Waals surface area contributed by atoms with Crippen molar-refractivity contribution in [1.82, 2.24) is 4.90 Å². The molecule has 6 heteroatoms. The first-order valence-corrected chi connectivity index (χ1v) is 8.22. The van der Waals surface area contributed by atoms with Crippen LogP contribution in [0.3, 0.4) is 0 Å². The van der Waals surface area contributed by atoms with Crippen LogP contribution in [0, 0.1) is 5.92 Å². The third-order valence-electron chi connectivity index (χ3n) is 3.55. The number of hydrogen-bond acceptors (Lipinski definition) is 4. The number of nitrogens with two attached hydrogens (primary N) is 2. The van der Waals surface area contributed by atoms with Gasteiger partial charge >= 0.3 is 0 Å². The number of alkyl halides is 1. The van der Waals surface area contributed by atoms with Crippen LogP contribution in [0.5, 0.6) is 0 Å². The lowest BCUT2D eigenvalue weighted by Crippen LogP contribution is -2.48. The van der Waals surface area contributed by atoms with Crippen LogP contribution in [-0.4, -0.2) is 54.7 Å². The van der Waals surface area contributed by atoms with E-state index in [4.69, 9.17) is 11.5 Å². The van der Waals surface area contributed by atoms with E-state index in [0.717, 1.165) is 38.1 Å². The zero-order valence-corrected chi connectivity index (χ0v) is 12.3. The Bertz CT molecular complexity index is 260. The minimum Gasteiger partial charge on any atom is -0.341 e. The molecule has 4 nitrogen and oxygen atoms in total. The zero-order chi connectivity index (χ0) is 14.1. The number of piperidine rings is 1.